The highest BCUT2D eigenvalue weighted by Crippen LogP contribution is 2.17. The normalized spacial score (nSPS) is 11.0. The summed E-state index contributed by atoms with van der Waals surface area (Å²) in [4.78, 5) is 34.2. The highest BCUT2D eigenvalue weighted by atomic mass is 16.6. The molecule has 22 heavy (non-hydrogen) atoms. The Morgan fingerprint density at radius 3 is 2.09 bits per heavy atom. The fraction of sp³-hybridized carbons (Fsp3) is 0.0588. The number of benzene rings is 2. The van der Waals surface area contributed by atoms with Gasteiger partial charge < -0.3 is 0 Å². The standard InChI is InChI=1S/C17H13NO4/c1-12(19)16(17(20)14-5-3-2-4-6-14)11-13-7-9-15(10-8-13)18(21)22/h2-11H,1H3/b16-11+. The molecule has 0 saturated carbocycles. The summed E-state index contributed by atoms with van der Waals surface area (Å²) < 4.78 is 0. The van der Waals surface area contributed by atoms with Crippen molar-refractivity contribution < 1.29 is 14.5 Å². The van der Waals surface area contributed by atoms with Crippen molar-refractivity contribution in [1.29, 1.82) is 0 Å². The van der Waals surface area contributed by atoms with Gasteiger partial charge in [0.05, 0.1) is 10.5 Å². The molecular formula is C17H13NO4. The molecule has 0 saturated heterocycles. The van der Waals surface area contributed by atoms with Crippen LogP contribution >= 0.6 is 0 Å². The Hall–Kier alpha value is -3.08. The second-order valence-corrected chi connectivity index (χ2v) is 4.66. The zero-order valence-electron chi connectivity index (χ0n) is 11.9. The van der Waals surface area contributed by atoms with E-state index in [9.17, 15) is 19.7 Å². The molecule has 0 bridgehead atoms. The first-order valence-electron chi connectivity index (χ1n) is 6.56. The fourth-order valence-electron chi connectivity index (χ4n) is 1.93. The summed E-state index contributed by atoms with van der Waals surface area (Å²) in [5, 5.41) is 10.6. The molecule has 0 fully saturated rings. The Bertz CT molecular complexity index is 746. The molecule has 0 aliphatic carbocycles. The minimum Gasteiger partial charge on any atom is -0.294 e. The number of non-ortho nitro benzene ring substituents is 1. The molecule has 0 N–H and O–H groups in total. The summed E-state index contributed by atoms with van der Waals surface area (Å²) in [5.41, 5.74) is 0.974. The van der Waals surface area contributed by atoms with Gasteiger partial charge in [0, 0.05) is 17.7 Å². The summed E-state index contributed by atoms with van der Waals surface area (Å²) in [6, 6.07) is 14.1. The zero-order valence-corrected chi connectivity index (χ0v) is 11.9. The highest BCUT2D eigenvalue weighted by Gasteiger charge is 2.16. The Morgan fingerprint density at radius 1 is 1.00 bits per heavy atom. The summed E-state index contributed by atoms with van der Waals surface area (Å²) in [6.07, 6.45) is 1.45. The number of hydrogen-bond donors (Lipinski definition) is 0. The van der Waals surface area contributed by atoms with E-state index in [1.54, 1.807) is 30.3 Å². The van der Waals surface area contributed by atoms with Crippen LogP contribution in [0.2, 0.25) is 0 Å². The molecule has 0 amide bonds. The Morgan fingerprint density at radius 2 is 1.59 bits per heavy atom. The van der Waals surface area contributed by atoms with E-state index in [4.69, 9.17) is 0 Å². The van der Waals surface area contributed by atoms with Crippen molar-refractivity contribution in [1.82, 2.24) is 0 Å². The maximum atomic E-state index is 12.4. The zero-order chi connectivity index (χ0) is 16.1. The average Bonchev–Trinajstić information content (AvgIpc) is 2.53. The van der Waals surface area contributed by atoms with Crippen molar-refractivity contribution in [3.63, 3.8) is 0 Å². The predicted molar refractivity (Wildman–Crippen MR) is 82.5 cm³/mol. The van der Waals surface area contributed by atoms with E-state index in [2.05, 4.69) is 0 Å². The minimum absolute atomic E-state index is 0.0417. The van der Waals surface area contributed by atoms with E-state index in [0.717, 1.165) is 0 Å². The first kappa shape index (κ1) is 15.3. The molecule has 0 aliphatic heterocycles. The fourth-order valence-corrected chi connectivity index (χ4v) is 1.93. The predicted octanol–water partition coefficient (Wildman–Crippen LogP) is 3.45. The maximum Gasteiger partial charge on any atom is 0.269 e. The van der Waals surface area contributed by atoms with Crippen molar-refractivity contribution in [2.45, 2.75) is 6.92 Å². The van der Waals surface area contributed by atoms with Gasteiger partial charge in [0.1, 0.15) is 0 Å². The van der Waals surface area contributed by atoms with Crippen molar-refractivity contribution >= 4 is 23.3 Å². The van der Waals surface area contributed by atoms with E-state index in [1.807, 2.05) is 0 Å². The van der Waals surface area contributed by atoms with Crippen LogP contribution in [-0.4, -0.2) is 16.5 Å². The van der Waals surface area contributed by atoms with Gasteiger partial charge in [-0.05, 0) is 30.7 Å². The molecule has 2 aromatic rings. The second-order valence-electron chi connectivity index (χ2n) is 4.66. The molecule has 110 valence electrons. The molecular weight excluding hydrogens is 282 g/mol. The molecule has 5 nitrogen and oxygen atoms in total. The van der Waals surface area contributed by atoms with Crippen LogP contribution in [0.1, 0.15) is 22.8 Å². The molecule has 2 rings (SSSR count). The molecule has 0 aromatic heterocycles. The van der Waals surface area contributed by atoms with Gasteiger partial charge in [0.25, 0.3) is 5.69 Å². The third kappa shape index (κ3) is 3.52. The summed E-state index contributed by atoms with van der Waals surface area (Å²) in [6.45, 7) is 1.32. The Kier molecular flexibility index (Phi) is 4.58. The largest absolute Gasteiger partial charge is 0.294 e. The number of nitro benzene ring substituents is 1. The lowest BCUT2D eigenvalue weighted by molar-refractivity contribution is -0.384. The maximum absolute atomic E-state index is 12.4. The van der Waals surface area contributed by atoms with Gasteiger partial charge in [-0.2, -0.15) is 0 Å². The lowest BCUT2D eigenvalue weighted by Crippen LogP contribution is -2.10. The number of allylic oxidation sites excluding steroid dienone is 1. The number of Topliss-reactive ketones (excluding diaryl/α,β-unsaturated/α-hetero) is 2. The number of hydrogen-bond acceptors (Lipinski definition) is 4. The molecule has 0 atom stereocenters. The van der Waals surface area contributed by atoms with Crippen LogP contribution in [0.4, 0.5) is 5.69 Å². The van der Waals surface area contributed by atoms with Crippen molar-refractivity contribution in [2.75, 3.05) is 0 Å². The first-order valence-corrected chi connectivity index (χ1v) is 6.56. The van der Waals surface area contributed by atoms with Crippen LogP contribution < -0.4 is 0 Å². The van der Waals surface area contributed by atoms with Crippen molar-refractivity contribution in [3.05, 3.63) is 81.4 Å². The topological polar surface area (TPSA) is 77.3 Å². The summed E-state index contributed by atoms with van der Waals surface area (Å²) in [7, 11) is 0. The Balaban J connectivity index is 2.37. The third-order valence-electron chi connectivity index (χ3n) is 3.07. The molecule has 0 aliphatic rings. The summed E-state index contributed by atoms with van der Waals surface area (Å²) in [5.74, 6) is -0.723. The quantitative estimate of drug-likeness (QED) is 0.211. The molecule has 0 heterocycles. The van der Waals surface area contributed by atoms with Crippen LogP contribution in [0, 0.1) is 10.1 Å². The van der Waals surface area contributed by atoms with Crippen LogP contribution in [0.15, 0.2) is 60.2 Å². The van der Waals surface area contributed by atoms with Crippen LogP contribution in [-0.2, 0) is 4.79 Å². The van der Waals surface area contributed by atoms with Gasteiger partial charge in [-0.3, -0.25) is 19.7 Å². The van der Waals surface area contributed by atoms with E-state index >= 15 is 0 Å². The Labute approximate surface area is 127 Å². The van der Waals surface area contributed by atoms with E-state index in [0.29, 0.717) is 11.1 Å². The van der Waals surface area contributed by atoms with Gasteiger partial charge in [0.15, 0.2) is 11.6 Å². The van der Waals surface area contributed by atoms with E-state index in [-0.39, 0.29) is 22.8 Å². The summed E-state index contributed by atoms with van der Waals surface area (Å²) >= 11 is 0. The lowest BCUT2D eigenvalue weighted by Gasteiger charge is -2.03. The van der Waals surface area contributed by atoms with Gasteiger partial charge in [-0.15, -0.1) is 0 Å². The van der Waals surface area contributed by atoms with Crippen LogP contribution in [0.3, 0.4) is 0 Å². The van der Waals surface area contributed by atoms with Gasteiger partial charge in [-0.1, -0.05) is 30.3 Å². The second kappa shape index (κ2) is 6.58. The minimum atomic E-state index is -0.505. The van der Waals surface area contributed by atoms with Gasteiger partial charge in [-0.25, -0.2) is 0 Å². The molecule has 0 radical (unpaired) electrons. The SMILES string of the molecule is CC(=O)/C(=C\c1ccc([N+](=O)[O-])cc1)C(=O)c1ccccc1. The number of nitrogens with zero attached hydrogens (tertiary/aromatic N) is 1. The smallest absolute Gasteiger partial charge is 0.269 e. The van der Waals surface area contributed by atoms with Crippen molar-refractivity contribution in [3.8, 4) is 0 Å². The molecule has 0 spiro atoms. The number of ketones is 2. The molecule has 2 aromatic carbocycles. The first-order chi connectivity index (χ1) is 10.5. The monoisotopic (exact) mass is 295 g/mol. The van der Waals surface area contributed by atoms with Gasteiger partial charge in [0.2, 0.25) is 0 Å². The highest BCUT2D eigenvalue weighted by molar-refractivity contribution is 6.28. The van der Waals surface area contributed by atoms with Crippen LogP contribution in [0.5, 0.6) is 0 Å². The molecule has 0 unspecified atom stereocenters. The van der Waals surface area contributed by atoms with Crippen molar-refractivity contribution in [2.24, 2.45) is 0 Å². The number of carbonyl (C=O) groups is 2. The average molecular weight is 295 g/mol. The lowest BCUT2D eigenvalue weighted by atomic mass is 9.98. The molecule has 5 heteroatoms. The number of rotatable bonds is 5. The van der Waals surface area contributed by atoms with E-state index in [1.165, 1.54) is 37.3 Å². The third-order valence-corrected chi connectivity index (χ3v) is 3.07. The van der Waals surface area contributed by atoms with Crippen LogP contribution in [0.25, 0.3) is 6.08 Å². The number of nitro groups is 1. The van der Waals surface area contributed by atoms with Gasteiger partial charge >= 0.3 is 0 Å². The van der Waals surface area contributed by atoms with E-state index < -0.39 is 4.92 Å². The number of carbonyl (C=O) groups excluding carboxylic acids is 2.